The van der Waals surface area contributed by atoms with Crippen molar-refractivity contribution in [1.29, 1.82) is 5.26 Å². The van der Waals surface area contributed by atoms with Crippen molar-refractivity contribution in [3.8, 4) is 17.6 Å². The lowest BCUT2D eigenvalue weighted by atomic mass is 10.1. The summed E-state index contributed by atoms with van der Waals surface area (Å²) in [5, 5.41) is 19.2. The quantitative estimate of drug-likeness (QED) is 0.849. The first-order chi connectivity index (χ1) is 8.95. The predicted molar refractivity (Wildman–Crippen MR) is 72.6 cm³/mol. The number of rotatable bonds is 1. The number of aromatic hydroxyl groups is 1. The smallest absolute Gasteiger partial charge is 0.258 e. The van der Waals surface area contributed by atoms with E-state index in [1.165, 1.54) is 10.6 Å². The van der Waals surface area contributed by atoms with Gasteiger partial charge < -0.3 is 5.11 Å². The molecule has 2 aromatic rings. The Kier molecular flexibility index (Phi) is 3.14. The zero-order valence-corrected chi connectivity index (χ0v) is 11.1. The lowest BCUT2D eigenvalue weighted by Gasteiger charge is -2.13. The fourth-order valence-electron chi connectivity index (χ4n) is 2.14. The maximum Gasteiger partial charge on any atom is 0.258 e. The van der Waals surface area contributed by atoms with Crippen LogP contribution in [0.5, 0.6) is 5.88 Å². The maximum absolute atomic E-state index is 12.1. The van der Waals surface area contributed by atoms with Gasteiger partial charge in [0.15, 0.2) is 0 Å². The minimum atomic E-state index is -0.346. The Hall–Kier alpha value is -2.54. The summed E-state index contributed by atoms with van der Waals surface area (Å²) in [6.45, 7) is 5.45. The standard InChI is InChI=1S/C15H14N2O2/c1-9-4-5-13(11(3)6-9)17-14(18)7-10(2)12(8-16)15(17)19/h4-7,19H,1-3H3. The Morgan fingerprint density at radius 3 is 2.42 bits per heavy atom. The topological polar surface area (TPSA) is 66.0 Å². The third-order valence-corrected chi connectivity index (χ3v) is 3.10. The molecule has 1 aromatic heterocycles. The van der Waals surface area contributed by atoms with Gasteiger partial charge >= 0.3 is 0 Å². The van der Waals surface area contributed by atoms with Crippen LogP contribution in [-0.2, 0) is 0 Å². The number of hydrogen-bond acceptors (Lipinski definition) is 3. The van der Waals surface area contributed by atoms with Crippen molar-refractivity contribution >= 4 is 0 Å². The van der Waals surface area contributed by atoms with Gasteiger partial charge in [-0.2, -0.15) is 5.26 Å². The van der Waals surface area contributed by atoms with Gasteiger partial charge in [0.25, 0.3) is 5.56 Å². The van der Waals surface area contributed by atoms with E-state index in [2.05, 4.69) is 0 Å². The van der Waals surface area contributed by atoms with Crippen LogP contribution in [0.3, 0.4) is 0 Å². The summed E-state index contributed by atoms with van der Waals surface area (Å²) < 4.78 is 1.17. The molecule has 0 bridgehead atoms. The van der Waals surface area contributed by atoms with Crippen LogP contribution in [0, 0.1) is 32.1 Å². The van der Waals surface area contributed by atoms with E-state index >= 15 is 0 Å². The van der Waals surface area contributed by atoms with E-state index in [9.17, 15) is 9.90 Å². The zero-order chi connectivity index (χ0) is 14.2. The van der Waals surface area contributed by atoms with E-state index in [1.807, 2.05) is 32.0 Å². The monoisotopic (exact) mass is 254 g/mol. The first kappa shape index (κ1) is 12.9. The van der Waals surface area contributed by atoms with Gasteiger partial charge in [0.2, 0.25) is 5.88 Å². The molecular weight excluding hydrogens is 240 g/mol. The fraction of sp³-hybridized carbons (Fsp3) is 0.200. The molecule has 19 heavy (non-hydrogen) atoms. The van der Waals surface area contributed by atoms with Crippen LogP contribution >= 0.6 is 0 Å². The van der Waals surface area contributed by atoms with Crippen molar-refractivity contribution in [2.45, 2.75) is 20.8 Å². The second-order valence-corrected chi connectivity index (χ2v) is 4.60. The molecule has 0 fully saturated rings. The van der Waals surface area contributed by atoms with E-state index in [4.69, 9.17) is 5.26 Å². The minimum Gasteiger partial charge on any atom is -0.493 e. The zero-order valence-electron chi connectivity index (χ0n) is 11.1. The molecule has 0 aliphatic heterocycles. The summed E-state index contributed by atoms with van der Waals surface area (Å²) in [6.07, 6.45) is 0. The lowest BCUT2D eigenvalue weighted by Crippen LogP contribution is -2.19. The highest BCUT2D eigenvalue weighted by atomic mass is 16.3. The summed E-state index contributed by atoms with van der Waals surface area (Å²) in [5.74, 6) is -0.306. The molecule has 0 saturated heterocycles. The van der Waals surface area contributed by atoms with Crippen LogP contribution in [0.15, 0.2) is 29.1 Å². The van der Waals surface area contributed by atoms with E-state index in [0.29, 0.717) is 11.3 Å². The van der Waals surface area contributed by atoms with Crippen LogP contribution in [0.2, 0.25) is 0 Å². The molecule has 0 radical (unpaired) electrons. The van der Waals surface area contributed by atoms with E-state index in [0.717, 1.165) is 11.1 Å². The number of aryl methyl sites for hydroxylation is 3. The highest BCUT2D eigenvalue weighted by Crippen LogP contribution is 2.23. The van der Waals surface area contributed by atoms with Crippen molar-refractivity contribution in [2.24, 2.45) is 0 Å². The van der Waals surface area contributed by atoms with Gasteiger partial charge in [0.05, 0.1) is 5.69 Å². The van der Waals surface area contributed by atoms with Gasteiger partial charge in [-0.3, -0.25) is 4.79 Å². The summed E-state index contributed by atoms with van der Waals surface area (Å²) in [7, 11) is 0. The number of benzene rings is 1. The van der Waals surface area contributed by atoms with Gasteiger partial charge in [-0.25, -0.2) is 4.57 Å². The molecule has 0 unspecified atom stereocenters. The first-order valence-electron chi connectivity index (χ1n) is 5.89. The summed E-state index contributed by atoms with van der Waals surface area (Å²) in [5.41, 5.74) is 2.78. The Morgan fingerprint density at radius 2 is 1.84 bits per heavy atom. The SMILES string of the molecule is Cc1ccc(-n2c(O)c(C#N)c(C)cc2=O)c(C)c1. The van der Waals surface area contributed by atoms with Crippen LogP contribution < -0.4 is 5.56 Å². The highest BCUT2D eigenvalue weighted by Gasteiger charge is 2.15. The molecule has 0 atom stereocenters. The molecule has 4 heteroatoms. The molecule has 0 amide bonds. The molecule has 0 saturated carbocycles. The van der Waals surface area contributed by atoms with E-state index < -0.39 is 0 Å². The van der Waals surface area contributed by atoms with Gasteiger partial charge in [-0.05, 0) is 38.0 Å². The number of pyridine rings is 1. The number of nitrogens with zero attached hydrogens (tertiary/aromatic N) is 2. The largest absolute Gasteiger partial charge is 0.493 e. The Labute approximate surface area is 111 Å². The molecule has 0 aliphatic rings. The number of aromatic nitrogens is 1. The summed E-state index contributed by atoms with van der Waals surface area (Å²) in [4.78, 5) is 12.1. The Morgan fingerprint density at radius 1 is 1.16 bits per heavy atom. The molecule has 1 N–H and O–H groups in total. The third kappa shape index (κ3) is 2.11. The number of hydrogen-bond donors (Lipinski definition) is 1. The van der Waals surface area contributed by atoms with Crippen LogP contribution in [-0.4, -0.2) is 9.67 Å². The minimum absolute atomic E-state index is 0.125. The molecule has 2 rings (SSSR count). The Balaban J connectivity index is 2.84. The van der Waals surface area contributed by atoms with E-state index in [1.54, 1.807) is 13.0 Å². The normalized spacial score (nSPS) is 10.2. The molecule has 1 aromatic carbocycles. The van der Waals surface area contributed by atoms with Crippen molar-refractivity contribution < 1.29 is 5.11 Å². The van der Waals surface area contributed by atoms with Crippen LogP contribution in [0.4, 0.5) is 0 Å². The molecule has 0 spiro atoms. The van der Waals surface area contributed by atoms with Gasteiger partial charge in [-0.1, -0.05) is 17.7 Å². The van der Waals surface area contributed by atoms with Crippen molar-refractivity contribution in [3.05, 3.63) is 56.9 Å². The summed E-state index contributed by atoms with van der Waals surface area (Å²) in [6, 6.07) is 8.83. The average Bonchev–Trinajstić information content (AvgIpc) is 2.31. The van der Waals surface area contributed by atoms with Gasteiger partial charge in [0, 0.05) is 6.07 Å². The lowest BCUT2D eigenvalue weighted by molar-refractivity contribution is 0.432. The Bertz CT molecular complexity index is 752. The van der Waals surface area contributed by atoms with Crippen LogP contribution in [0.25, 0.3) is 5.69 Å². The van der Waals surface area contributed by atoms with Crippen molar-refractivity contribution in [2.75, 3.05) is 0 Å². The maximum atomic E-state index is 12.1. The average molecular weight is 254 g/mol. The first-order valence-corrected chi connectivity index (χ1v) is 5.89. The van der Waals surface area contributed by atoms with Crippen LogP contribution in [0.1, 0.15) is 22.3 Å². The van der Waals surface area contributed by atoms with Gasteiger partial charge in [0.1, 0.15) is 11.6 Å². The molecule has 4 nitrogen and oxygen atoms in total. The van der Waals surface area contributed by atoms with E-state index in [-0.39, 0.29) is 17.0 Å². The fourth-order valence-corrected chi connectivity index (χ4v) is 2.14. The molecule has 0 aliphatic carbocycles. The second kappa shape index (κ2) is 4.62. The summed E-state index contributed by atoms with van der Waals surface area (Å²) >= 11 is 0. The van der Waals surface area contributed by atoms with Crippen molar-refractivity contribution in [3.63, 3.8) is 0 Å². The van der Waals surface area contributed by atoms with Crippen molar-refractivity contribution in [1.82, 2.24) is 4.57 Å². The predicted octanol–water partition coefficient (Wildman–Crippen LogP) is 2.34. The highest BCUT2D eigenvalue weighted by molar-refractivity contribution is 5.51. The molecule has 96 valence electrons. The molecule has 1 heterocycles. The number of nitriles is 1. The third-order valence-electron chi connectivity index (χ3n) is 3.10. The van der Waals surface area contributed by atoms with Gasteiger partial charge in [-0.15, -0.1) is 0 Å². The second-order valence-electron chi connectivity index (χ2n) is 4.60. The molecular formula is C15H14N2O2.